The third-order valence-corrected chi connectivity index (χ3v) is 2.33. The molecule has 0 N–H and O–H groups in total. The third-order valence-electron chi connectivity index (χ3n) is 2.33. The summed E-state index contributed by atoms with van der Waals surface area (Å²) in [5, 5.41) is 1.01. The Labute approximate surface area is 92.8 Å². The van der Waals surface area contributed by atoms with Crippen molar-refractivity contribution in [1.29, 1.82) is 0 Å². The van der Waals surface area contributed by atoms with Crippen molar-refractivity contribution in [3.05, 3.63) is 55.0 Å². The fourth-order valence-corrected chi connectivity index (χ4v) is 1.56. The van der Waals surface area contributed by atoms with Gasteiger partial charge < -0.3 is 0 Å². The lowest BCUT2D eigenvalue weighted by Crippen LogP contribution is -1.88. The SMILES string of the molecule is [c]1cc(-c2cnccn2)nc2ccccc12. The van der Waals surface area contributed by atoms with Gasteiger partial charge in [0.1, 0.15) is 5.69 Å². The molecule has 0 atom stereocenters. The Balaban J connectivity index is 2.19. The minimum absolute atomic E-state index is 0.768. The van der Waals surface area contributed by atoms with Crippen LogP contribution in [0, 0.1) is 6.07 Å². The lowest BCUT2D eigenvalue weighted by molar-refractivity contribution is 1.19. The Bertz CT molecular complexity index is 620. The molecule has 3 heteroatoms. The lowest BCUT2D eigenvalue weighted by atomic mass is 10.2. The molecular weight excluding hydrogens is 198 g/mol. The van der Waals surface area contributed by atoms with E-state index in [-0.39, 0.29) is 0 Å². The first kappa shape index (κ1) is 8.97. The summed E-state index contributed by atoms with van der Waals surface area (Å²) in [5.74, 6) is 0. The number of pyridine rings is 1. The Hall–Kier alpha value is -2.29. The van der Waals surface area contributed by atoms with Crippen molar-refractivity contribution < 1.29 is 0 Å². The Morgan fingerprint density at radius 2 is 1.94 bits per heavy atom. The van der Waals surface area contributed by atoms with Gasteiger partial charge in [-0.05, 0) is 18.2 Å². The minimum Gasteiger partial charge on any atom is -0.261 e. The summed E-state index contributed by atoms with van der Waals surface area (Å²) in [6.07, 6.45) is 5.01. The van der Waals surface area contributed by atoms with Gasteiger partial charge in [0.25, 0.3) is 0 Å². The van der Waals surface area contributed by atoms with Crippen molar-refractivity contribution >= 4 is 10.9 Å². The summed E-state index contributed by atoms with van der Waals surface area (Å²) >= 11 is 0. The summed E-state index contributed by atoms with van der Waals surface area (Å²) in [6.45, 7) is 0. The van der Waals surface area contributed by atoms with Crippen LogP contribution >= 0.6 is 0 Å². The molecule has 0 amide bonds. The molecule has 0 unspecified atom stereocenters. The van der Waals surface area contributed by atoms with Crippen molar-refractivity contribution in [2.24, 2.45) is 0 Å². The second kappa shape index (κ2) is 3.70. The summed E-state index contributed by atoms with van der Waals surface area (Å²) < 4.78 is 0. The largest absolute Gasteiger partial charge is 0.261 e. The van der Waals surface area contributed by atoms with Gasteiger partial charge in [-0.25, -0.2) is 4.98 Å². The zero-order chi connectivity index (χ0) is 10.8. The Kier molecular flexibility index (Phi) is 2.07. The molecule has 2 aromatic heterocycles. The van der Waals surface area contributed by atoms with Crippen LogP contribution in [0.3, 0.4) is 0 Å². The third kappa shape index (κ3) is 1.52. The molecular formula is C13H8N3. The number of nitrogens with zero attached hydrogens (tertiary/aromatic N) is 3. The van der Waals surface area contributed by atoms with Gasteiger partial charge in [-0.2, -0.15) is 0 Å². The standard InChI is InChI=1S/C13H8N3/c1-2-4-11-10(3-1)5-6-12(16-11)13-9-14-7-8-15-13/h1-4,6-9H. The molecule has 0 aliphatic carbocycles. The molecule has 1 aromatic carbocycles. The van der Waals surface area contributed by atoms with E-state index in [0.717, 1.165) is 22.3 Å². The van der Waals surface area contributed by atoms with Crippen LogP contribution in [0.5, 0.6) is 0 Å². The van der Waals surface area contributed by atoms with Crippen molar-refractivity contribution in [3.8, 4) is 11.4 Å². The van der Waals surface area contributed by atoms with Crippen LogP contribution in [-0.4, -0.2) is 15.0 Å². The maximum absolute atomic E-state index is 4.51. The average molecular weight is 206 g/mol. The maximum atomic E-state index is 4.51. The highest BCUT2D eigenvalue weighted by atomic mass is 14.8. The summed E-state index contributed by atoms with van der Waals surface area (Å²) in [4.78, 5) is 12.7. The van der Waals surface area contributed by atoms with Gasteiger partial charge >= 0.3 is 0 Å². The average Bonchev–Trinajstić information content (AvgIpc) is 2.39. The maximum Gasteiger partial charge on any atom is 0.107 e. The van der Waals surface area contributed by atoms with Crippen LogP contribution in [0.25, 0.3) is 22.3 Å². The summed E-state index contributed by atoms with van der Waals surface area (Å²) in [7, 11) is 0. The smallest absolute Gasteiger partial charge is 0.107 e. The summed E-state index contributed by atoms with van der Waals surface area (Å²) in [5.41, 5.74) is 2.49. The van der Waals surface area contributed by atoms with Gasteiger partial charge in [-0.15, -0.1) is 0 Å². The molecule has 3 rings (SSSR count). The highest BCUT2D eigenvalue weighted by Crippen LogP contribution is 2.17. The predicted octanol–water partition coefficient (Wildman–Crippen LogP) is 2.49. The van der Waals surface area contributed by atoms with E-state index in [1.54, 1.807) is 18.6 Å². The molecule has 0 bridgehead atoms. The van der Waals surface area contributed by atoms with Crippen LogP contribution in [0.2, 0.25) is 0 Å². The van der Waals surface area contributed by atoms with Crippen molar-refractivity contribution in [3.63, 3.8) is 0 Å². The molecule has 0 saturated heterocycles. The quantitative estimate of drug-likeness (QED) is 0.614. The van der Waals surface area contributed by atoms with Crippen LogP contribution in [0.4, 0.5) is 0 Å². The fourth-order valence-electron chi connectivity index (χ4n) is 1.56. The number of rotatable bonds is 1. The van der Waals surface area contributed by atoms with Crippen LogP contribution < -0.4 is 0 Å². The highest BCUT2D eigenvalue weighted by molar-refractivity contribution is 5.80. The van der Waals surface area contributed by atoms with Crippen LogP contribution in [0.15, 0.2) is 48.9 Å². The molecule has 3 aromatic rings. The normalized spacial score (nSPS) is 10.5. The predicted molar refractivity (Wildman–Crippen MR) is 61.6 cm³/mol. The lowest BCUT2D eigenvalue weighted by Gasteiger charge is -2.00. The first-order valence-corrected chi connectivity index (χ1v) is 4.97. The van der Waals surface area contributed by atoms with E-state index in [4.69, 9.17) is 0 Å². The number of para-hydroxylation sites is 1. The van der Waals surface area contributed by atoms with Gasteiger partial charge in [0.05, 0.1) is 17.4 Å². The number of hydrogen-bond acceptors (Lipinski definition) is 3. The van der Waals surface area contributed by atoms with Crippen molar-refractivity contribution in [2.75, 3.05) is 0 Å². The zero-order valence-corrected chi connectivity index (χ0v) is 8.46. The Morgan fingerprint density at radius 3 is 2.81 bits per heavy atom. The molecule has 75 valence electrons. The van der Waals surface area contributed by atoms with Gasteiger partial charge in [0.2, 0.25) is 0 Å². The van der Waals surface area contributed by atoms with E-state index in [1.165, 1.54) is 0 Å². The first-order valence-electron chi connectivity index (χ1n) is 4.97. The number of aromatic nitrogens is 3. The van der Waals surface area contributed by atoms with Gasteiger partial charge in [-0.3, -0.25) is 9.97 Å². The molecule has 2 heterocycles. The van der Waals surface area contributed by atoms with E-state index in [2.05, 4.69) is 21.0 Å². The van der Waals surface area contributed by atoms with E-state index in [9.17, 15) is 0 Å². The molecule has 16 heavy (non-hydrogen) atoms. The minimum atomic E-state index is 0.768. The second-order valence-corrected chi connectivity index (χ2v) is 3.39. The van der Waals surface area contributed by atoms with Gasteiger partial charge in [0.15, 0.2) is 0 Å². The molecule has 1 radical (unpaired) electrons. The Morgan fingerprint density at radius 1 is 1.00 bits per heavy atom. The molecule has 3 nitrogen and oxygen atoms in total. The monoisotopic (exact) mass is 206 g/mol. The summed E-state index contributed by atoms with van der Waals surface area (Å²) in [6, 6.07) is 12.9. The van der Waals surface area contributed by atoms with Crippen molar-refractivity contribution in [2.45, 2.75) is 0 Å². The molecule has 0 aliphatic rings. The van der Waals surface area contributed by atoms with Gasteiger partial charge in [0, 0.05) is 17.8 Å². The van der Waals surface area contributed by atoms with Crippen LogP contribution in [0.1, 0.15) is 0 Å². The number of fused-ring (bicyclic) bond motifs is 1. The zero-order valence-electron chi connectivity index (χ0n) is 8.46. The molecule has 0 spiro atoms. The number of hydrogen-bond donors (Lipinski definition) is 0. The second-order valence-electron chi connectivity index (χ2n) is 3.39. The molecule has 0 fully saturated rings. The number of benzene rings is 1. The van der Waals surface area contributed by atoms with Crippen molar-refractivity contribution in [1.82, 2.24) is 15.0 Å². The van der Waals surface area contributed by atoms with E-state index in [1.807, 2.05) is 30.3 Å². The first-order chi connectivity index (χ1) is 7.93. The molecule has 0 saturated carbocycles. The van der Waals surface area contributed by atoms with Gasteiger partial charge in [-0.1, -0.05) is 18.2 Å². The topological polar surface area (TPSA) is 38.7 Å². The fraction of sp³-hybridized carbons (Fsp3) is 0. The molecule has 0 aliphatic heterocycles. The van der Waals surface area contributed by atoms with E-state index < -0.39 is 0 Å². The highest BCUT2D eigenvalue weighted by Gasteiger charge is 2.01. The van der Waals surface area contributed by atoms with Crippen LogP contribution in [-0.2, 0) is 0 Å². The van der Waals surface area contributed by atoms with E-state index in [0.29, 0.717) is 0 Å². The van der Waals surface area contributed by atoms with E-state index >= 15 is 0 Å².